The van der Waals surface area contributed by atoms with E-state index in [9.17, 15) is 9.59 Å². The molecule has 0 atom stereocenters. The molecule has 5 nitrogen and oxygen atoms in total. The van der Waals surface area contributed by atoms with Gasteiger partial charge in [-0.05, 0) is 24.6 Å². The van der Waals surface area contributed by atoms with Crippen molar-refractivity contribution >= 4 is 11.9 Å². The highest BCUT2D eigenvalue weighted by atomic mass is 16.5. The Labute approximate surface area is 94.0 Å². The van der Waals surface area contributed by atoms with Gasteiger partial charge in [-0.3, -0.25) is 9.78 Å². The molecule has 5 heteroatoms. The van der Waals surface area contributed by atoms with Crippen LogP contribution in [-0.2, 0) is 20.9 Å². The summed E-state index contributed by atoms with van der Waals surface area (Å²) in [5.74, 6) is -1.46. The van der Waals surface area contributed by atoms with E-state index < -0.39 is 11.9 Å². The van der Waals surface area contributed by atoms with Crippen LogP contribution in [0.25, 0.3) is 0 Å². The molecule has 1 amide bonds. The Balaban J connectivity index is 2.69. The zero-order chi connectivity index (χ0) is 12.0. The molecule has 16 heavy (non-hydrogen) atoms. The van der Waals surface area contributed by atoms with Crippen LogP contribution < -0.4 is 0 Å². The normalized spacial score (nSPS) is 9.62. The number of nitrogens with zero attached hydrogens (tertiary/aromatic N) is 2. The third kappa shape index (κ3) is 3.05. The lowest BCUT2D eigenvalue weighted by Gasteiger charge is -2.19. The quantitative estimate of drug-likeness (QED) is 0.555. The fourth-order valence-electron chi connectivity index (χ4n) is 1.25. The number of aromatic nitrogens is 1. The molecule has 0 saturated carbocycles. The standard InChI is InChI=1S/C11H14N2O3/c1-3-13(10(14)11(15)16-2)8-9-4-6-12-7-5-9/h4-7H,3,8H2,1-2H3. The first-order valence-electron chi connectivity index (χ1n) is 4.95. The second kappa shape index (κ2) is 5.85. The van der Waals surface area contributed by atoms with Crippen molar-refractivity contribution in [1.29, 1.82) is 0 Å². The first-order valence-corrected chi connectivity index (χ1v) is 4.95. The van der Waals surface area contributed by atoms with E-state index in [0.717, 1.165) is 5.56 Å². The van der Waals surface area contributed by atoms with E-state index in [0.29, 0.717) is 13.1 Å². The lowest BCUT2D eigenvalue weighted by molar-refractivity contribution is -0.158. The van der Waals surface area contributed by atoms with Crippen LogP contribution in [0.4, 0.5) is 0 Å². The van der Waals surface area contributed by atoms with Gasteiger partial charge < -0.3 is 9.64 Å². The fourth-order valence-corrected chi connectivity index (χ4v) is 1.25. The summed E-state index contributed by atoms with van der Waals surface area (Å²) in [5.41, 5.74) is 0.925. The van der Waals surface area contributed by atoms with Crippen molar-refractivity contribution in [3.63, 3.8) is 0 Å². The maximum atomic E-state index is 11.5. The van der Waals surface area contributed by atoms with Gasteiger partial charge in [0.2, 0.25) is 0 Å². The zero-order valence-electron chi connectivity index (χ0n) is 9.34. The molecular weight excluding hydrogens is 208 g/mol. The number of carbonyl (C=O) groups is 2. The van der Waals surface area contributed by atoms with Crippen LogP contribution in [0.15, 0.2) is 24.5 Å². The molecule has 1 aromatic rings. The molecule has 1 rings (SSSR count). The van der Waals surface area contributed by atoms with Crippen LogP contribution in [0.1, 0.15) is 12.5 Å². The molecule has 86 valence electrons. The van der Waals surface area contributed by atoms with Gasteiger partial charge in [0.05, 0.1) is 7.11 Å². The van der Waals surface area contributed by atoms with Crippen molar-refractivity contribution in [3.05, 3.63) is 30.1 Å². The molecule has 0 aliphatic heterocycles. The van der Waals surface area contributed by atoms with Gasteiger partial charge in [0, 0.05) is 25.5 Å². The van der Waals surface area contributed by atoms with Crippen molar-refractivity contribution in [2.45, 2.75) is 13.5 Å². The number of amides is 1. The molecule has 0 spiro atoms. The van der Waals surface area contributed by atoms with Crippen LogP contribution in [0.3, 0.4) is 0 Å². The molecule has 0 N–H and O–H groups in total. The maximum absolute atomic E-state index is 11.5. The van der Waals surface area contributed by atoms with E-state index in [4.69, 9.17) is 0 Å². The van der Waals surface area contributed by atoms with Gasteiger partial charge in [-0.2, -0.15) is 0 Å². The van der Waals surface area contributed by atoms with E-state index in [2.05, 4.69) is 9.72 Å². The number of pyridine rings is 1. The highest BCUT2D eigenvalue weighted by molar-refractivity contribution is 6.32. The van der Waals surface area contributed by atoms with Crippen molar-refractivity contribution < 1.29 is 14.3 Å². The third-order valence-corrected chi connectivity index (χ3v) is 2.15. The van der Waals surface area contributed by atoms with Gasteiger partial charge >= 0.3 is 11.9 Å². The van der Waals surface area contributed by atoms with Crippen molar-refractivity contribution in [2.24, 2.45) is 0 Å². The van der Waals surface area contributed by atoms with Gasteiger partial charge in [-0.15, -0.1) is 0 Å². The van der Waals surface area contributed by atoms with Gasteiger partial charge in [0.15, 0.2) is 0 Å². The minimum atomic E-state index is -0.837. The van der Waals surface area contributed by atoms with Crippen LogP contribution in [0.2, 0.25) is 0 Å². The molecule has 0 fully saturated rings. The van der Waals surface area contributed by atoms with Gasteiger partial charge in [0.25, 0.3) is 0 Å². The number of methoxy groups -OCH3 is 1. The average Bonchev–Trinajstić information content (AvgIpc) is 2.35. The highest BCUT2D eigenvalue weighted by Gasteiger charge is 2.20. The summed E-state index contributed by atoms with van der Waals surface area (Å²) >= 11 is 0. The summed E-state index contributed by atoms with van der Waals surface area (Å²) in [7, 11) is 1.19. The van der Waals surface area contributed by atoms with E-state index in [-0.39, 0.29) is 0 Å². The van der Waals surface area contributed by atoms with Crippen LogP contribution in [0, 0.1) is 0 Å². The van der Waals surface area contributed by atoms with Gasteiger partial charge in [-0.1, -0.05) is 0 Å². The number of carbonyl (C=O) groups excluding carboxylic acids is 2. The minimum absolute atomic E-state index is 0.382. The lowest BCUT2D eigenvalue weighted by atomic mass is 10.2. The molecule has 0 unspecified atom stereocenters. The lowest BCUT2D eigenvalue weighted by Crippen LogP contribution is -2.36. The monoisotopic (exact) mass is 222 g/mol. The van der Waals surface area contributed by atoms with E-state index in [1.165, 1.54) is 12.0 Å². The Morgan fingerprint density at radius 1 is 1.38 bits per heavy atom. The summed E-state index contributed by atoms with van der Waals surface area (Å²) in [5, 5.41) is 0. The molecule has 1 aromatic heterocycles. The summed E-state index contributed by atoms with van der Waals surface area (Å²) < 4.78 is 4.39. The van der Waals surface area contributed by atoms with Gasteiger partial charge in [-0.25, -0.2) is 4.79 Å². The first-order chi connectivity index (χ1) is 7.69. The summed E-state index contributed by atoms with van der Waals surface area (Å²) in [6.07, 6.45) is 3.29. The van der Waals surface area contributed by atoms with E-state index >= 15 is 0 Å². The highest BCUT2D eigenvalue weighted by Crippen LogP contribution is 2.03. The number of esters is 1. The van der Waals surface area contributed by atoms with Crippen LogP contribution in [-0.4, -0.2) is 35.4 Å². The Morgan fingerprint density at radius 3 is 2.50 bits per heavy atom. The predicted molar refractivity (Wildman–Crippen MR) is 57.3 cm³/mol. The Morgan fingerprint density at radius 2 is 2.00 bits per heavy atom. The van der Waals surface area contributed by atoms with Crippen molar-refractivity contribution in [2.75, 3.05) is 13.7 Å². The first kappa shape index (κ1) is 12.2. The molecule has 0 radical (unpaired) electrons. The molecule has 0 bridgehead atoms. The Bertz CT molecular complexity index is 365. The fraction of sp³-hybridized carbons (Fsp3) is 0.364. The summed E-state index contributed by atoms with van der Waals surface area (Å²) in [6, 6.07) is 3.60. The number of hydrogen-bond donors (Lipinski definition) is 0. The molecular formula is C11H14N2O3. The largest absolute Gasteiger partial charge is 0.462 e. The van der Waals surface area contributed by atoms with Crippen LogP contribution >= 0.6 is 0 Å². The summed E-state index contributed by atoms with van der Waals surface area (Å²) in [4.78, 5) is 27.9. The number of ether oxygens (including phenoxy) is 1. The van der Waals surface area contributed by atoms with E-state index in [1.54, 1.807) is 24.5 Å². The molecule has 0 saturated heterocycles. The predicted octanol–water partition coefficient (Wildman–Crippen LogP) is 0.603. The SMILES string of the molecule is CCN(Cc1ccncc1)C(=O)C(=O)OC. The smallest absolute Gasteiger partial charge is 0.396 e. The topological polar surface area (TPSA) is 59.5 Å². The number of hydrogen-bond acceptors (Lipinski definition) is 4. The van der Waals surface area contributed by atoms with Crippen molar-refractivity contribution in [1.82, 2.24) is 9.88 Å². The van der Waals surface area contributed by atoms with Crippen LogP contribution in [0.5, 0.6) is 0 Å². The zero-order valence-corrected chi connectivity index (χ0v) is 9.34. The second-order valence-corrected chi connectivity index (χ2v) is 3.17. The minimum Gasteiger partial charge on any atom is -0.462 e. The Hall–Kier alpha value is -1.91. The van der Waals surface area contributed by atoms with E-state index in [1.807, 2.05) is 6.92 Å². The average molecular weight is 222 g/mol. The number of rotatable bonds is 3. The molecule has 0 aromatic carbocycles. The third-order valence-electron chi connectivity index (χ3n) is 2.15. The maximum Gasteiger partial charge on any atom is 0.396 e. The second-order valence-electron chi connectivity index (χ2n) is 3.17. The van der Waals surface area contributed by atoms with Crippen molar-refractivity contribution in [3.8, 4) is 0 Å². The molecule has 1 heterocycles. The molecule has 0 aliphatic rings. The number of likely N-dealkylation sites (N-methyl/N-ethyl adjacent to an activating group) is 1. The molecule has 0 aliphatic carbocycles. The summed E-state index contributed by atoms with van der Waals surface area (Å²) in [6.45, 7) is 2.64. The van der Waals surface area contributed by atoms with Gasteiger partial charge in [0.1, 0.15) is 0 Å². The Kier molecular flexibility index (Phi) is 4.44.